The smallest absolute Gasteiger partial charge is 0.191 e. The zero-order valence-corrected chi connectivity index (χ0v) is 16.6. The second-order valence-corrected chi connectivity index (χ2v) is 8.61. The summed E-state index contributed by atoms with van der Waals surface area (Å²) in [5, 5.41) is 7.16. The van der Waals surface area contributed by atoms with Crippen LogP contribution in [0.3, 0.4) is 0 Å². The quantitative estimate of drug-likeness (QED) is 0.580. The van der Waals surface area contributed by atoms with Crippen LogP contribution in [0.4, 0.5) is 0 Å². The van der Waals surface area contributed by atoms with Gasteiger partial charge in [-0.05, 0) is 40.3 Å². The van der Waals surface area contributed by atoms with Crippen LogP contribution in [0.5, 0.6) is 0 Å². The van der Waals surface area contributed by atoms with Crippen LogP contribution in [0.2, 0.25) is 0 Å². The summed E-state index contributed by atoms with van der Waals surface area (Å²) >= 11 is 0. The zero-order chi connectivity index (χ0) is 18.1. The molecule has 2 aliphatic heterocycles. The fourth-order valence-corrected chi connectivity index (χ4v) is 4.81. The molecule has 0 radical (unpaired) electrons. The maximum absolute atomic E-state index is 5.92. The normalized spacial score (nSPS) is 33.7. The maximum atomic E-state index is 5.92. The standard InChI is InChI=1S/C19H36N4O2/c1-6-20-17(21-13-19(23(4)5)8-11-24-12-9-19)22-15-14-7-10-25-16(14)18(15,2)3/h14-16H,6-13H2,1-5H3,(H2,20,21,22). The summed E-state index contributed by atoms with van der Waals surface area (Å²) in [4.78, 5) is 7.32. The minimum absolute atomic E-state index is 0.106. The number of ether oxygens (including phenoxy) is 2. The maximum Gasteiger partial charge on any atom is 0.191 e. The average molecular weight is 353 g/mol. The van der Waals surface area contributed by atoms with E-state index in [0.29, 0.717) is 18.1 Å². The third kappa shape index (κ3) is 3.53. The first-order valence-corrected chi connectivity index (χ1v) is 9.82. The predicted octanol–water partition coefficient (Wildman–Crippen LogP) is 1.47. The molecule has 3 fully saturated rings. The van der Waals surface area contributed by atoms with Crippen molar-refractivity contribution in [2.75, 3.05) is 47.0 Å². The van der Waals surface area contributed by atoms with Crippen LogP contribution in [-0.2, 0) is 9.47 Å². The minimum atomic E-state index is 0.106. The summed E-state index contributed by atoms with van der Waals surface area (Å²) in [6, 6.07) is 0.433. The van der Waals surface area contributed by atoms with Crippen LogP contribution in [0.1, 0.15) is 40.0 Å². The second-order valence-electron chi connectivity index (χ2n) is 8.61. The SMILES string of the molecule is CCNC(=NCC1(N(C)C)CCOCC1)NC1C2CCOC2C1(C)C. The summed E-state index contributed by atoms with van der Waals surface area (Å²) in [6.45, 7) is 11.0. The summed E-state index contributed by atoms with van der Waals surface area (Å²) in [5.41, 5.74) is 0.268. The Hall–Kier alpha value is -0.850. The van der Waals surface area contributed by atoms with Crippen molar-refractivity contribution in [1.82, 2.24) is 15.5 Å². The van der Waals surface area contributed by atoms with E-state index in [1.807, 2.05) is 0 Å². The lowest BCUT2D eigenvalue weighted by Crippen LogP contribution is -2.68. The Morgan fingerprint density at radius 1 is 1.20 bits per heavy atom. The molecule has 3 aliphatic rings. The lowest BCUT2D eigenvalue weighted by Gasteiger charge is -2.55. The fraction of sp³-hybridized carbons (Fsp3) is 0.947. The first-order valence-electron chi connectivity index (χ1n) is 9.82. The number of likely N-dealkylation sites (N-methyl/N-ethyl adjacent to an activating group) is 1. The molecule has 2 N–H and O–H groups in total. The van der Waals surface area contributed by atoms with E-state index >= 15 is 0 Å². The summed E-state index contributed by atoms with van der Waals surface area (Å²) in [7, 11) is 4.33. The molecule has 0 spiro atoms. The summed E-state index contributed by atoms with van der Waals surface area (Å²) in [5.74, 6) is 1.56. The topological polar surface area (TPSA) is 58.1 Å². The summed E-state index contributed by atoms with van der Waals surface area (Å²) < 4.78 is 11.5. The van der Waals surface area contributed by atoms with Gasteiger partial charge >= 0.3 is 0 Å². The number of hydrogen-bond donors (Lipinski definition) is 2. The molecule has 2 saturated heterocycles. The monoisotopic (exact) mass is 352 g/mol. The molecule has 6 nitrogen and oxygen atoms in total. The average Bonchev–Trinajstić information content (AvgIpc) is 3.05. The third-order valence-electron chi connectivity index (χ3n) is 6.64. The number of fused-ring (bicyclic) bond motifs is 1. The van der Waals surface area contributed by atoms with Crippen molar-refractivity contribution < 1.29 is 9.47 Å². The van der Waals surface area contributed by atoms with Gasteiger partial charge in [0, 0.05) is 49.3 Å². The molecular formula is C19H36N4O2. The lowest BCUT2D eigenvalue weighted by molar-refractivity contribution is -0.106. The van der Waals surface area contributed by atoms with Gasteiger partial charge in [-0.25, -0.2) is 0 Å². The Morgan fingerprint density at radius 3 is 2.56 bits per heavy atom. The number of rotatable bonds is 5. The van der Waals surface area contributed by atoms with E-state index < -0.39 is 0 Å². The van der Waals surface area contributed by atoms with Gasteiger partial charge in [-0.2, -0.15) is 0 Å². The highest BCUT2D eigenvalue weighted by atomic mass is 16.5. The molecule has 3 rings (SSSR count). The van der Waals surface area contributed by atoms with E-state index in [9.17, 15) is 0 Å². The van der Waals surface area contributed by atoms with Crippen LogP contribution in [0, 0.1) is 11.3 Å². The van der Waals surface area contributed by atoms with Crippen LogP contribution >= 0.6 is 0 Å². The highest BCUT2D eigenvalue weighted by Gasteiger charge is 2.59. The predicted molar refractivity (Wildman–Crippen MR) is 101 cm³/mol. The van der Waals surface area contributed by atoms with E-state index in [1.165, 1.54) is 0 Å². The Kier molecular flexibility index (Phi) is 5.61. The minimum Gasteiger partial charge on any atom is -0.381 e. The molecule has 0 aromatic heterocycles. The van der Waals surface area contributed by atoms with Crippen molar-refractivity contribution in [1.29, 1.82) is 0 Å². The third-order valence-corrected chi connectivity index (χ3v) is 6.64. The van der Waals surface area contributed by atoms with Crippen molar-refractivity contribution in [3.8, 4) is 0 Å². The van der Waals surface area contributed by atoms with Gasteiger partial charge in [0.2, 0.25) is 0 Å². The molecule has 144 valence electrons. The number of hydrogen-bond acceptors (Lipinski definition) is 4. The Balaban J connectivity index is 1.69. The van der Waals surface area contributed by atoms with Crippen LogP contribution in [0.15, 0.2) is 4.99 Å². The van der Waals surface area contributed by atoms with Gasteiger partial charge in [0.15, 0.2) is 5.96 Å². The Labute approximate surface area is 152 Å². The number of aliphatic imine (C=N–C) groups is 1. The molecule has 25 heavy (non-hydrogen) atoms. The van der Waals surface area contributed by atoms with Gasteiger partial charge in [-0.15, -0.1) is 0 Å². The largest absolute Gasteiger partial charge is 0.381 e. The van der Waals surface area contributed by atoms with Gasteiger partial charge in [0.05, 0.1) is 12.6 Å². The summed E-state index contributed by atoms with van der Waals surface area (Å²) in [6.07, 6.45) is 3.63. The molecule has 0 aromatic carbocycles. The molecule has 3 atom stereocenters. The molecule has 2 heterocycles. The molecule has 0 amide bonds. The highest BCUT2D eigenvalue weighted by molar-refractivity contribution is 5.80. The molecule has 3 unspecified atom stereocenters. The van der Waals surface area contributed by atoms with Gasteiger partial charge < -0.3 is 25.0 Å². The van der Waals surface area contributed by atoms with E-state index in [0.717, 1.165) is 58.1 Å². The molecule has 1 aliphatic carbocycles. The van der Waals surface area contributed by atoms with Gasteiger partial charge in [0.1, 0.15) is 0 Å². The Bertz CT molecular complexity index is 486. The highest BCUT2D eigenvalue weighted by Crippen LogP contribution is 2.52. The first-order chi connectivity index (χ1) is 11.9. The van der Waals surface area contributed by atoms with E-state index in [1.54, 1.807) is 0 Å². The van der Waals surface area contributed by atoms with Crippen molar-refractivity contribution in [2.24, 2.45) is 16.3 Å². The van der Waals surface area contributed by atoms with E-state index in [2.05, 4.69) is 50.4 Å². The van der Waals surface area contributed by atoms with Crippen molar-refractivity contribution in [3.05, 3.63) is 0 Å². The molecular weight excluding hydrogens is 316 g/mol. The number of nitrogens with one attached hydrogen (secondary N) is 2. The van der Waals surface area contributed by atoms with Crippen LogP contribution < -0.4 is 10.6 Å². The fourth-order valence-electron chi connectivity index (χ4n) is 4.81. The number of guanidine groups is 1. The molecule has 1 saturated carbocycles. The molecule has 0 aromatic rings. The van der Waals surface area contributed by atoms with Gasteiger partial charge in [-0.1, -0.05) is 13.8 Å². The Morgan fingerprint density at radius 2 is 1.92 bits per heavy atom. The van der Waals surface area contributed by atoms with Crippen LogP contribution in [-0.4, -0.2) is 75.5 Å². The van der Waals surface area contributed by atoms with Crippen molar-refractivity contribution in [2.45, 2.75) is 57.7 Å². The van der Waals surface area contributed by atoms with Gasteiger partial charge in [-0.3, -0.25) is 4.99 Å². The second kappa shape index (κ2) is 7.41. The zero-order valence-electron chi connectivity index (χ0n) is 16.6. The van der Waals surface area contributed by atoms with E-state index in [-0.39, 0.29) is 11.0 Å². The van der Waals surface area contributed by atoms with Crippen LogP contribution in [0.25, 0.3) is 0 Å². The molecule has 6 heteroatoms. The van der Waals surface area contributed by atoms with Crippen molar-refractivity contribution >= 4 is 5.96 Å². The first kappa shape index (κ1) is 18.9. The number of nitrogens with zero attached hydrogens (tertiary/aromatic N) is 2. The lowest BCUT2D eigenvalue weighted by atomic mass is 9.57. The van der Waals surface area contributed by atoms with Gasteiger partial charge in [0.25, 0.3) is 0 Å². The van der Waals surface area contributed by atoms with Crippen molar-refractivity contribution in [3.63, 3.8) is 0 Å². The van der Waals surface area contributed by atoms with E-state index in [4.69, 9.17) is 14.5 Å². The molecule has 0 bridgehead atoms.